The molecule has 3 aromatic rings. The van der Waals surface area contributed by atoms with Crippen molar-refractivity contribution >= 4 is 39.7 Å². The number of hydrogen-bond donors (Lipinski definition) is 1. The van der Waals surface area contributed by atoms with Crippen LogP contribution in [-0.4, -0.2) is 44.5 Å². The van der Waals surface area contributed by atoms with Crippen LogP contribution < -0.4 is 5.43 Å². The number of ether oxygens (including phenoxy) is 1. The van der Waals surface area contributed by atoms with Crippen molar-refractivity contribution in [1.82, 2.24) is 9.73 Å². The van der Waals surface area contributed by atoms with Crippen LogP contribution in [-0.2, 0) is 26.1 Å². The quantitative estimate of drug-likeness (QED) is 0.266. The summed E-state index contributed by atoms with van der Waals surface area (Å²) < 4.78 is 32.3. The third-order valence-corrected chi connectivity index (χ3v) is 7.04. The number of hydrogen-bond acceptors (Lipinski definition) is 6. The molecular weight excluding hydrogens is 490 g/mol. The number of benzene rings is 3. The highest BCUT2D eigenvalue weighted by molar-refractivity contribution is 7.89. The Hall–Kier alpha value is -3.53. The summed E-state index contributed by atoms with van der Waals surface area (Å²) >= 11 is 5.94. The van der Waals surface area contributed by atoms with E-state index in [4.69, 9.17) is 11.6 Å². The third-order valence-electron chi connectivity index (χ3n) is 4.99. The van der Waals surface area contributed by atoms with Gasteiger partial charge in [0, 0.05) is 11.6 Å². The summed E-state index contributed by atoms with van der Waals surface area (Å²) in [5.74, 6) is -1.07. The Morgan fingerprint density at radius 1 is 1.00 bits per heavy atom. The minimum atomic E-state index is -3.97. The summed E-state index contributed by atoms with van der Waals surface area (Å²) in [7, 11) is -2.68. The summed E-state index contributed by atoms with van der Waals surface area (Å²) in [5, 5.41) is 4.42. The van der Waals surface area contributed by atoms with E-state index in [1.807, 2.05) is 6.92 Å². The van der Waals surface area contributed by atoms with Crippen LogP contribution >= 0.6 is 11.6 Å². The number of nitrogens with zero attached hydrogens (tertiary/aromatic N) is 2. The van der Waals surface area contributed by atoms with E-state index in [2.05, 4.69) is 15.3 Å². The first kappa shape index (κ1) is 26.1. The predicted octanol–water partition coefficient (Wildman–Crippen LogP) is 3.78. The fourth-order valence-electron chi connectivity index (χ4n) is 3.08. The first-order valence-electron chi connectivity index (χ1n) is 10.5. The Balaban J connectivity index is 1.74. The van der Waals surface area contributed by atoms with Crippen molar-refractivity contribution in [2.24, 2.45) is 5.10 Å². The number of halogens is 1. The predicted molar refractivity (Wildman–Crippen MR) is 134 cm³/mol. The number of carbonyl (C=O) groups excluding carboxylic acids is 2. The Kier molecular flexibility index (Phi) is 8.75. The first-order chi connectivity index (χ1) is 16.7. The zero-order chi connectivity index (χ0) is 25.4. The second-order valence-electron chi connectivity index (χ2n) is 7.62. The molecule has 0 spiro atoms. The van der Waals surface area contributed by atoms with E-state index in [1.165, 1.54) is 25.5 Å². The number of sulfonamides is 1. The number of hydrazone groups is 1. The standard InChI is InChI=1S/C25H24ClN3O5S/c1-18-3-13-23(14-4-18)35(32,33)29(16-20-7-11-22(26)12-8-20)17-24(30)28-27-15-19-5-9-21(10-6-19)25(31)34-2/h3-15H,16-17H2,1-2H3,(H,28,30)/b27-15+. The molecule has 0 saturated carbocycles. The summed E-state index contributed by atoms with van der Waals surface area (Å²) in [6.07, 6.45) is 1.39. The van der Waals surface area contributed by atoms with E-state index in [0.717, 1.165) is 9.87 Å². The summed E-state index contributed by atoms with van der Waals surface area (Å²) in [5.41, 5.74) is 4.95. The van der Waals surface area contributed by atoms with Crippen molar-refractivity contribution in [3.05, 3.63) is 100 Å². The molecule has 0 aliphatic heterocycles. The van der Waals surface area contributed by atoms with Gasteiger partial charge in [0.15, 0.2) is 0 Å². The van der Waals surface area contributed by atoms with Crippen LogP contribution in [0.3, 0.4) is 0 Å². The monoisotopic (exact) mass is 513 g/mol. The highest BCUT2D eigenvalue weighted by Crippen LogP contribution is 2.20. The van der Waals surface area contributed by atoms with E-state index in [-0.39, 0.29) is 11.4 Å². The lowest BCUT2D eigenvalue weighted by atomic mass is 10.1. The maximum atomic E-state index is 13.3. The van der Waals surface area contributed by atoms with Gasteiger partial charge in [-0.25, -0.2) is 18.6 Å². The van der Waals surface area contributed by atoms with Crippen LogP contribution in [0.2, 0.25) is 5.02 Å². The van der Waals surface area contributed by atoms with E-state index in [9.17, 15) is 18.0 Å². The lowest BCUT2D eigenvalue weighted by Crippen LogP contribution is -2.39. The molecule has 0 radical (unpaired) electrons. The lowest BCUT2D eigenvalue weighted by molar-refractivity contribution is -0.121. The molecule has 35 heavy (non-hydrogen) atoms. The largest absolute Gasteiger partial charge is 0.465 e. The van der Waals surface area contributed by atoms with E-state index in [0.29, 0.717) is 21.7 Å². The van der Waals surface area contributed by atoms with Crippen molar-refractivity contribution in [2.45, 2.75) is 18.4 Å². The Morgan fingerprint density at radius 3 is 2.23 bits per heavy atom. The summed E-state index contributed by atoms with van der Waals surface area (Å²) in [4.78, 5) is 24.2. The van der Waals surface area contributed by atoms with Crippen LogP contribution in [0.1, 0.15) is 27.0 Å². The maximum absolute atomic E-state index is 13.3. The van der Waals surface area contributed by atoms with Gasteiger partial charge in [-0.05, 0) is 54.4 Å². The molecule has 0 atom stereocenters. The molecule has 0 unspecified atom stereocenters. The molecule has 1 N–H and O–H groups in total. The minimum Gasteiger partial charge on any atom is -0.465 e. The number of carbonyl (C=O) groups is 2. The fourth-order valence-corrected chi connectivity index (χ4v) is 4.59. The van der Waals surface area contributed by atoms with Crippen molar-refractivity contribution in [1.29, 1.82) is 0 Å². The van der Waals surface area contributed by atoms with Crippen molar-refractivity contribution in [2.75, 3.05) is 13.7 Å². The van der Waals surface area contributed by atoms with Gasteiger partial charge in [-0.1, -0.05) is 53.6 Å². The summed E-state index contributed by atoms with van der Waals surface area (Å²) in [6, 6.07) is 19.5. The topological polar surface area (TPSA) is 105 Å². The normalized spacial score (nSPS) is 11.5. The molecule has 0 aliphatic rings. The van der Waals surface area contributed by atoms with E-state index >= 15 is 0 Å². The van der Waals surface area contributed by atoms with E-state index in [1.54, 1.807) is 60.7 Å². The molecular formula is C25H24ClN3O5S. The molecule has 0 saturated heterocycles. The highest BCUT2D eigenvalue weighted by atomic mass is 35.5. The number of esters is 1. The molecule has 0 bridgehead atoms. The van der Waals surface area contributed by atoms with Crippen LogP contribution in [0.4, 0.5) is 0 Å². The zero-order valence-corrected chi connectivity index (χ0v) is 20.7. The molecule has 0 heterocycles. The second kappa shape index (κ2) is 11.7. The Bertz CT molecular complexity index is 1310. The molecule has 3 rings (SSSR count). The number of nitrogens with one attached hydrogen (secondary N) is 1. The number of aryl methyl sites for hydroxylation is 1. The molecule has 1 amide bonds. The Morgan fingerprint density at radius 2 is 1.63 bits per heavy atom. The van der Waals surface area contributed by atoms with Crippen LogP contribution in [0, 0.1) is 6.92 Å². The SMILES string of the molecule is COC(=O)c1ccc(/C=N/NC(=O)CN(Cc2ccc(Cl)cc2)S(=O)(=O)c2ccc(C)cc2)cc1. The van der Waals surface area contributed by atoms with Gasteiger partial charge in [-0.2, -0.15) is 9.41 Å². The van der Waals surface area contributed by atoms with Gasteiger partial charge >= 0.3 is 5.97 Å². The number of amides is 1. The van der Waals surface area contributed by atoms with Gasteiger partial charge in [0.25, 0.3) is 5.91 Å². The molecule has 182 valence electrons. The van der Waals surface area contributed by atoms with Crippen molar-refractivity contribution in [3.63, 3.8) is 0 Å². The lowest BCUT2D eigenvalue weighted by Gasteiger charge is -2.21. The Labute approximate surface area is 209 Å². The van der Waals surface area contributed by atoms with Crippen molar-refractivity contribution in [3.8, 4) is 0 Å². The average molecular weight is 514 g/mol. The average Bonchev–Trinajstić information content (AvgIpc) is 2.85. The highest BCUT2D eigenvalue weighted by Gasteiger charge is 2.27. The third kappa shape index (κ3) is 7.22. The van der Waals surface area contributed by atoms with Gasteiger partial charge in [0.05, 0.1) is 30.3 Å². The second-order valence-corrected chi connectivity index (χ2v) is 9.99. The van der Waals surface area contributed by atoms with Crippen molar-refractivity contribution < 1.29 is 22.7 Å². The van der Waals surface area contributed by atoms with Gasteiger partial charge in [0.1, 0.15) is 0 Å². The van der Waals surface area contributed by atoms with Gasteiger partial charge in [-0.3, -0.25) is 4.79 Å². The van der Waals surface area contributed by atoms with Crippen LogP contribution in [0.25, 0.3) is 0 Å². The van der Waals surface area contributed by atoms with Crippen LogP contribution in [0.15, 0.2) is 82.8 Å². The first-order valence-corrected chi connectivity index (χ1v) is 12.3. The minimum absolute atomic E-state index is 0.0283. The van der Waals surface area contributed by atoms with Gasteiger partial charge in [0.2, 0.25) is 10.0 Å². The van der Waals surface area contributed by atoms with Gasteiger partial charge < -0.3 is 4.74 Å². The fraction of sp³-hybridized carbons (Fsp3) is 0.160. The molecule has 0 aromatic heterocycles. The van der Waals surface area contributed by atoms with Crippen LogP contribution in [0.5, 0.6) is 0 Å². The number of rotatable bonds is 9. The molecule has 3 aromatic carbocycles. The van der Waals surface area contributed by atoms with Gasteiger partial charge in [-0.15, -0.1) is 0 Å². The smallest absolute Gasteiger partial charge is 0.337 e. The molecule has 0 fully saturated rings. The summed E-state index contributed by atoms with van der Waals surface area (Å²) in [6.45, 7) is 1.38. The van der Waals surface area contributed by atoms with E-state index < -0.39 is 28.4 Å². The molecule has 0 aliphatic carbocycles. The zero-order valence-electron chi connectivity index (χ0n) is 19.1. The molecule has 8 nitrogen and oxygen atoms in total. The maximum Gasteiger partial charge on any atom is 0.337 e. The molecule has 10 heteroatoms. The number of methoxy groups -OCH3 is 1.